The lowest BCUT2D eigenvalue weighted by Crippen LogP contribution is -1.47. The Morgan fingerprint density at radius 1 is 1.00 bits per heavy atom. The summed E-state index contributed by atoms with van der Waals surface area (Å²) in [6.45, 7) is 8.20. The topological polar surface area (TPSA) is 0 Å². The number of alkyl halides is 1. The van der Waals surface area contributed by atoms with Gasteiger partial charge in [-0.15, -0.1) is 11.3 Å². The first-order chi connectivity index (χ1) is 7.79. The summed E-state index contributed by atoms with van der Waals surface area (Å²) in [4.78, 5) is 3.35. The molecule has 92 valence electrons. The Morgan fingerprint density at radius 2 is 1.62 bits per heavy atom. The molecule has 0 saturated carbocycles. The van der Waals surface area contributed by atoms with E-state index in [1.807, 2.05) is 18.8 Å². The van der Waals surface area contributed by atoms with Crippen LogP contribution >= 0.6 is 45.3 Å². The van der Waals surface area contributed by atoms with E-state index >= 15 is 0 Å². The van der Waals surface area contributed by atoms with E-state index in [-0.39, 0.29) is 0 Å². The maximum atomic E-state index is 2.15. The van der Waals surface area contributed by atoms with E-state index in [9.17, 15) is 0 Å². The van der Waals surface area contributed by atoms with Gasteiger partial charge in [0, 0.05) is 4.88 Å². The van der Waals surface area contributed by atoms with Crippen molar-refractivity contribution in [2.45, 2.75) is 27.7 Å². The molecule has 2 rings (SSSR count). The molecular weight excluding hydrogens is 347 g/mol. The zero-order valence-electron chi connectivity index (χ0n) is 10.7. The molecule has 16 heavy (non-hydrogen) atoms. The summed E-state index contributed by atoms with van der Waals surface area (Å²) in [7, 11) is 0. The summed E-state index contributed by atoms with van der Waals surface area (Å²) < 4.78 is 0. The number of hydrogen-bond donors (Lipinski definition) is 0. The standard InChI is InChI=1S/2C5H6S.C2H6.CH3I/c1-5-2-3-6-4-5;1-5-3-2-4-6-5;2*1-2/h2*2-4H,1H3;1-2H3;1H3. The Balaban J connectivity index is 0. The summed E-state index contributed by atoms with van der Waals surface area (Å²) in [5.74, 6) is 0. The highest BCUT2D eigenvalue weighted by molar-refractivity contribution is 14.1. The summed E-state index contributed by atoms with van der Waals surface area (Å²) in [5, 5.41) is 6.28. The van der Waals surface area contributed by atoms with Gasteiger partial charge in [0.25, 0.3) is 0 Å². The minimum atomic E-state index is 1.36. The molecule has 0 bridgehead atoms. The van der Waals surface area contributed by atoms with Crippen LogP contribution in [0.15, 0.2) is 34.3 Å². The van der Waals surface area contributed by atoms with Crippen LogP contribution in [-0.4, -0.2) is 4.93 Å². The summed E-state index contributed by atoms with van der Waals surface area (Å²) in [6.07, 6.45) is 0. The molecule has 3 heteroatoms. The number of rotatable bonds is 0. The predicted octanol–water partition coefficient (Wildman–Crippen LogP) is 6.19. The largest absolute Gasteiger partial charge is 0.152 e. The second-order valence-electron chi connectivity index (χ2n) is 2.52. The summed E-state index contributed by atoms with van der Waals surface area (Å²) >= 11 is 5.67. The molecule has 0 saturated heterocycles. The quantitative estimate of drug-likeness (QED) is 0.384. The molecule has 0 N–H and O–H groups in total. The molecule has 0 aliphatic rings. The van der Waals surface area contributed by atoms with Crippen LogP contribution in [0.3, 0.4) is 0 Å². The average Bonchev–Trinajstić information content (AvgIpc) is 2.98. The fraction of sp³-hybridized carbons (Fsp3) is 0.385. The third-order valence-electron chi connectivity index (χ3n) is 1.33. The molecule has 0 spiro atoms. The maximum Gasteiger partial charge on any atom is 0.00141 e. The molecule has 2 heterocycles. The molecule has 0 aliphatic carbocycles. The van der Waals surface area contributed by atoms with Gasteiger partial charge >= 0.3 is 0 Å². The molecule has 0 nitrogen and oxygen atoms in total. The molecule has 0 unspecified atom stereocenters. The normalized spacial score (nSPS) is 7.38. The van der Waals surface area contributed by atoms with Crippen LogP contribution in [0.2, 0.25) is 0 Å². The van der Waals surface area contributed by atoms with Crippen LogP contribution in [0.4, 0.5) is 0 Å². The predicted molar refractivity (Wildman–Crippen MR) is 89.4 cm³/mol. The highest BCUT2D eigenvalue weighted by Crippen LogP contribution is 2.03. The van der Waals surface area contributed by atoms with Crippen molar-refractivity contribution in [2.75, 3.05) is 4.93 Å². The van der Waals surface area contributed by atoms with E-state index in [1.54, 1.807) is 22.7 Å². The van der Waals surface area contributed by atoms with Crippen molar-refractivity contribution in [2.24, 2.45) is 0 Å². The Morgan fingerprint density at radius 3 is 1.75 bits per heavy atom. The fourth-order valence-corrected chi connectivity index (χ4v) is 1.89. The van der Waals surface area contributed by atoms with E-state index in [2.05, 4.69) is 70.8 Å². The molecule has 0 fully saturated rings. The third-order valence-corrected chi connectivity index (χ3v) is 2.93. The van der Waals surface area contributed by atoms with Gasteiger partial charge < -0.3 is 0 Å². The minimum Gasteiger partial charge on any atom is -0.152 e. The van der Waals surface area contributed by atoms with Crippen LogP contribution in [0, 0.1) is 13.8 Å². The van der Waals surface area contributed by atoms with Gasteiger partial charge in [-0.1, -0.05) is 42.5 Å². The van der Waals surface area contributed by atoms with Gasteiger partial charge in [-0.25, -0.2) is 0 Å². The fourth-order valence-electron chi connectivity index (χ4n) is 0.693. The van der Waals surface area contributed by atoms with Gasteiger partial charge in [-0.3, -0.25) is 0 Å². The summed E-state index contributed by atoms with van der Waals surface area (Å²) in [5.41, 5.74) is 1.36. The van der Waals surface area contributed by atoms with E-state index in [4.69, 9.17) is 0 Å². The monoisotopic (exact) mass is 368 g/mol. The van der Waals surface area contributed by atoms with Crippen molar-refractivity contribution in [3.63, 3.8) is 0 Å². The van der Waals surface area contributed by atoms with Crippen LogP contribution in [-0.2, 0) is 0 Å². The molecule has 0 amide bonds. The molecule has 0 aromatic carbocycles. The van der Waals surface area contributed by atoms with E-state index in [1.165, 1.54) is 10.4 Å². The smallest absolute Gasteiger partial charge is 0.00141 e. The van der Waals surface area contributed by atoms with Crippen molar-refractivity contribution in [1.29, 1.82) is 0 Å². The van der Waals surface area contributed by atoms with Gasteiger partial charge in [-0.2, -0.15) is 11.3 Å². The molecule has 0 radical (unpaired) electrons. The first-order valence-electron chi connectivity index (χ1n) is 5.16. The first-order valence-corrected chi connectivity index (χ1v) is 9.14. The Bertz CT molecular complexity index is 253. The van der Waals surface area contributed by atoms with E-state index < -0.39 is 0 Å². The molecule has 0 aliphatic heterocycles. The highest BCUT2D eigenvalue weighted by atomic mass is 127. The summed E-state index contributed by atoms with van der Waals surface area (Å²) in [6, 6.07) is 6.26. The Kier molecular flexibility index (Phi) is 17.5. The van der Waals surface area contributed by atoms with Crippen LogP contribution < -0.4 is 0 Å². The van der Waals surface area contributed by atoms with Crippen molar-refractivity contribution < 1.29 is 0 Å². The molecular formula is C13H21IS2. The van der Waals surface area contributed by atoms with Gasteiger partial charge in [0.15, 0.2) is 0 Å². The van der Waals surface area contributed by atoms with Crippen molar-refractivity contribution in [1.82, 2.24) is 0 Å². The lowest BCUT2D eigenvalue weighted by molar-refractivity contribution is 1.50. The lowest BCUT2D eigenvalue weighted by atomic mass is 10.4. The van der Waals surface area contributed by atoms with E-state index in [0.717, 1.165) is 0 Å². The first kappa shape index (κ1) is 18.5. The second-order valence-corrected chi connectivity index (χ2v) is 4.46. The van der Waals surface area contributed by atoms with Crippen LogP contribution in [0.5, 0.6) is 0 Å². The molecule has 0 atom stereocenters. The Labute approximate surface area is 122 Å². The number of hydrogen-bond acceptors (Lipinski definition) is 2. The lowest BCUT2D eigenvalue weighted by Gasteiger charge is -1.65. The zero-order valence-corrected chi connectivity index (χ0v) is 14.4. The van der Waals surface area contributed by atoms with Gasteiger partial charge in [-0.05, 0) is 52.6 Å². The van der Waals surface area contributed by atoms with E-state index in [0.29, 0.717) is 0 Å². The number of thiophene rings is 2. The van der Waals surface area contributed by atoms with Gasteiger partial charge in [0.1, 0.15) is 0 Å². The van der Waals surface area contributed by atoms with Crippen molar-refractivity contribution >= 4 is 45.3 Å². The number of halogens is 1. The van der Waals surface area contributed by atoms with Crippen molar-refractivity contribution in [3.05, 3.63) is 44.8 Å². The molecule has 2 aromatic rings. The van der Waals surface area contributed by atoms with Crippen LogP contribution in [0.25, 0.3) is 0 Å². The van der Waals surface area contributed by atoms with Crippen molar-refractivity contribution in [3.8, 4) is 0 Å². The van der Waals surface area contributed by atoms with Crippen LogP contribution in [0.1, 0.15) is 24.3 Å². The maximum absolute atomic E-state index is 2.15. The van der Waals surface area contributed by atoms with Gasteiger partial charge in [0.05, 0.1) is 0 Å². The number of aryl methyl sites for hydroxylation is 2. The third kappa shape index (κ3) is 12.2. The second kappa shape index (κ2) is 15.1. The molecule has 2 aromatic heterocycles. The SMILES string of the molecule is CC.CI.Cc1cccs1.Cc1ccsc1. The highest BCUT2D eigenvalue weighted by Gasteiger charge is 1.75. The average molecular weight is 368 g/mol. The zero-order chi connectivity index (χ0) is 12.8. The Hall–Kier alpha value is 0.130. The minimum absolute atomic E-state index is 1.36. The van der Waals surface area contributed by atoms with Gasteiger partial charge in [0.2, 0.25) is 0 Å².